The lowest BCUT2D eigenvalue weighted by molar-refractivity contribution is 0.244. The van der Waals surface area contributed by atoms with E-state index >= 15 is 0 Å². The van der Waals surface area contributed by atoms with Gasteiger partial charge in [0.2, 0.25) is 0 Å². The van der Waals surface area contributed by atoms with Gasteiger partial charge in [-0.05, 0) is 43.7 Å². The number of aryl methyl sites for hydroxylation is 1. The summed E-state index contributed by atoms with van der Waals surface area (Å²) in [6, 6.07) is 16.1. The number of aromatic nitrogens is 2. The summed E-state index contributed by atoms with van der Waals surface area (Å²) in [6.07, 6.45) is 1.05. The van der Waals surface area contributed by atoms with Gasteiger partial charge < -0.3 is 4.98 Å². The molecule has 0 amide bonds. The monoisotopic (exact) mass is 321 g/mol. The van der Waals surface area contributed by atoms with Gasteiger partial charge >= 0.3 is 0 Å². The van der Waals surface area contributed by atoms with E-state index in [1.165, 1.54) is 11.1 Å². The number of rotatable bonds is 5. The number of fused-ring (bicyclic) bond motifs is 1. The Morgan fingerprint density at radius 1 is 1.08 bits per heavy atom. The maximum absolute atomic E-state index is 12.2. The van der Waals surface area contributed by atoms with Crippen molar-refractivity contribution in [2.75, 3.05) is 7.05 Å². The summed E-state index contributed by atoms with van der Waals surface area (Å²) in [7, 11) is 2.05. The standard InChI is InChI=1S/C20H23N3O/c1-4-15-9-11-16(12-10-15)13-23(3)14(2)19-21-18-8-6-5-7-17(18)20(24)22-19/h5-12,14H,4,13H2,1-3H3,(H,21,22,24)/t14-/m0/s1. The van der Waals surface area contributed by atoms with E-state index in [-0.39, 0.29) is 11.6 Å². The first-order valence-electron chi connectivity index (χ1n) is 8.35. The largest absolute Gasteiger partial charge is 0.309 e. The molecule has 4 nitrogen and oxygen atoms in total. The van der Waals surface area contributed by atoms with Gasteiger partial charge in [-0.25, -0.2) is 4.98 Å². The van der Waals surface area contributed by atoms with E-state index in [0.717, 1.165) is 18.5 Å². The summed E-state index contributed by atoms with van der Waals surface area (Å²) in [6.45, 7) is 5.03. The predicted molar refractivity (Wildman–Crippen MR) is 98.1 cm³/mol. The van der Waals surface area contributed by atoms with E-state index in [0.29, 0.717) is 11.2 Å². The van der Waals surface area contributed by atoms with Crippen LogP contribution in [-0.2, 0) is 13.0 Å². The molecule has 0 aliphatic carbocycles. The zero-order valence-corrected chi connectivity index (χ0v) is 14.4. The third-order valence-corrected chi connectivity index (χ3v) is 4.55. The van der Waals surface area contributed by atoms with Gasteiger partial charge in [0.15, 0.2) is 0 Å². The van der Waals surface area contributed by atoms with Crippen LogP contribution in [0.15, 0.2) is 53.3 Å². The van der Waals surface area contributed by atoms with Crippen LogP contribution in [0.25, 0.3) is 10.9 Å². The molecule has 2 aromatic carbocycles. The fourth-order valence-electron chi connectivity index (χ4n) is 2.82. The Balaban J connectivity index is 1.82. The molecule has 0 radical (unpaired) electrons. The topological polar surface area (TPSA) is 49.0 Å². The molecule has 0 spiro atoms. The first kappa shape index (κ1) is 16.4. The highest BCUT2D eigenvalue weighted by atomic mass is 16.1. The Bertz CT molecular complexity index is 883. The molecule has 0 aliphatic heterocycles. The molecule has 3 rings (SSSR count). The summed E-state index contributed by atoms with van der Waals surface area (Å²) in [5.41, 5.74) is 3.26. The molecule has 0 aliphatic rings. The van der Waals surface area contributed by atoms with E-state index in [9.17, 15) is 4.79 Å². The highest BCUT2D eigenvalue weighted by Gasteiger charge is 2.15. The van der Waals surface area contributed by atoms with E-state index < -0.39 is 0 Å². The molecular formula is C20H23N3O. The Kier molecular flexibility index (Phi) is 4.76. The van der Waals surface area contributed by atoms with Crippen molar-refractivity contribution in [3.8, 4) is 0 Å². The maximum atomic E-state index is 12.2. The SMILES string of the molecule is CCc1ccc(CN(C)[C@@H](C)c2nc3ccccc3c(=O)[nH]2)cc1. The van der Waals surface area contributed by atoms with Gasteiger partial charge in [-0.2, -0.15) is 0 Å². The van der Waals surface area contributed by atoms with E-state index in [1.54, 1.807) is 6.07 Å². The molecule has 0 bridgehead atoms. The van der Waals surface area contributed by atoms with Crippen LogP contribution in [0.1, 0.15) is 36.8 Å². The van der Waals surface area contributed by atoms with Gasteiger partial charge in [0, 0.05) is 6.54 Å². The second-order valence-corrected chi connectivity index (χ2v) is 6.23. The highest BCUT2D eigenvalue weighted by molar-refractivity contribution is 5.77. The quantitative estimate of drug-likeness (QED) is 0.780. The van der Waals surface area contributed by atoms with Crippen LogP contribution in [0, 0.1) is 0 Å². The molecule has 1 aromatic heterocycles. The molecule has 3 aromatic rings. The van der Waals surface area contributed by atoms with Crippen LogP contribution >= 0.6 is 0 Å². The minimum atomic E-state index is -0.0804. The molecule has 4 heteroatoms. The van der Waals surface area contributed by atoms with Crippen molar-refractivity contribution in [2.24, 2.45) is 0 Å². The molecule has 124 valence electrons. The Hall–Kier alpha value is -2.46. The van der Waals surface area contributed by atoms with Crippen LogP contribution in [0.5, 0.6) is 0 Å². The molecule has 1 heterocycles. The van der Waals surface area contributed by atoms with Crippen LogP contribution < -0.4 is 5.56 Å². The maximum Gasteiger partial charge on any atom is 0.258 e. The lowest BCUT2D eigenvalue weighted by Gasteiger charge is -2.24. The number of aromatic amines is 1. The predicted octanol–water partition coefficient (Wildman–Crippen LogP) is 3.68. The number of H-pyrrole nitrogens is 1. The smallest absolute Gasteiger partial charge is 0.258 e. The van der Waals surface area contributed by atoms with Crippen molar-refractivity contribution < 1.29 is 0 Å². The number of para-hydroxylation sites is 1. The second kappa shape index (κ2) is 6.97. The second-order valence-electron chi connectivity index (χ2n) is 6.23. The zero-order valence-electron chi connectivity index (χ0n) is 14.4. The van der Waals surface area contributed by atoms with Crippen LogP contribution in [0.3, 0.4) is 0 Å². The van der Waals surface area contributed by atoms with Crippen LogP contribution in [0.4, 0.5) is 0 Å². The Morgan fingerprint density at radius 3 is 2.46 bits per heavy atom. The summed E-state index contributed by atoms with van der Waals surface area (Å²) in [5, 5.41) is 0.631. The third kappa shape index (κ3) is 3.39. The Labute approximate surface area is 142 Å². The third-order valence-electron chi connectivity index (χ3n) is 4.55. The fraction of sp³-hybridized carbons (Fsp3) is 0.300. The minimum Gasteiger partial charge on any atom is -0.309 e. The Morgan fingerprint density at radius 2 is 1.75 bits per heavy atom. The average Bonchev–Trinajstić information content (AvgIpc) is 2.61. The zero-order chi connectivity index (χ0) is 17.1. The first-order chi connectivity index (χ1) is 11.6. The highest BCUT2D eigenvalue weighted by Crippen LogP contribution is 2.18. The van der Waals surface area contributed by atoms with E-state index in [1.807, 2.05) is 25.2 Å². The fourth-order valence-corrected chi connectivity index (χ4v) is 2.82. The van der Waals surface area contributed by atoms with Gasteiger partial charge in [-0.15, -0.1) is 0 Å². The first-order valence-corrected chi connectivity index (χ1v) is 8.35. The van der Waals surface area contributed by atoms with E-state index in [4.69, 9.17) is 0 Å². The minimum absolute atomic E-state index is 0.0214. The summed E-state index contributed by atoms with van der Waals surface area (Å²) in [5.74, 6) is 0.700. The number of hydrogen-bond donors (Lipinski definition) is 1. The van der Waals surface area contributed by atoms with Gasteiger partial charge in [-0.3, -0.25) is 9.69 Å². The summed E-state index contributed by atoms with van der Waals surface area (Å²) < 4.78 is 0. The van der Waals surface area contributed by atoms with Gasteiger partial charge in [0.1, 0.15) is 5.82 Å². The molecule has 0 fully saturated rings. The van der Waals surface area contributed by atoms with Crippen molar-refractivity contribution >= 4 is 10.9 Å². The molecule has 0 saturated carbocycles. The van der Waals surface area contributed by atoms with Crippen LogP contribution in [0.2, 0.25) is 0 Å². The molecule has 24 heavy (non-hydrogen) atoms. The summed E-state index contributed by atoms with van der Waals surface area (Å²) in [4.78, 5) is 22.0. The van der Waals surface area contributed by atoms with Crippen molar-refractivity contribution in [1.82, 2.24) is 14.9 Å². The lowest BCUT2D eigenvalue weighted by Crippen LogP contribution is -2.26. The molecule has 1 N–H and O–H groups in total. The molecular weight excluding hydrogens is 298 g/mol. The lowest BCUT2D eigenvalue weighted by atomic mass is 10.1. The molecule has 0 saturated heterocycles. The van der Waals surface area contributed by atoms with Gasteiger partial charge in [-0.1, -0.05) is 43.3 Å². The number of nitrogens with zero attached hydrogens (tertiary/aromatic N) is 2. The van der Waals surface area contributed by atoms with E-state index in [2.05, 4.69) is 53.0 Å². The van der Waals surface area contributed by atoms with Gasteiger partial charge in [0.05, 0.1) is 16.9 Å². The number of hydrogen-bond acceptors (Lipinski definition) is 3. The summed E-state index contributed by atoms with van der Waals surface area (Å²) >= 11 is 0. The van der Waals surface area contributed by atoms with Crippen molar-refractivity contribution in [3.63, 3.8) is 0 Å². The van der Waals surface area contributed by atoms with Crippen molar-refractivity contribution in [2.45, 2.75) is 32.9 Å². The average molecular weight is 321 g/mol. The van der Waals surface area contributed by atoms with Crippen molar-refractivity contribution in [3.05, 3.63) is 75.8 Å². The molecule has 0 unspecified atom stereocenters. The van der Waals surface area contributed by atoms with Gasteiger partial charge in [0.25, 0.3) is 5.56 Å². The normalized spacial score (nSPS) is 12.7. The van der Waals surface area contributed by atoms with Crippen LogP contribution in [-0.4, -0.2) is 21.9 Å². The number of nitrogens with one attached hydrogen (secondary N) is 1. The molecule has 1 atom stereocenters. The van der Waals surface area contributed by atoms with Crippen molar-refractivity contribution in [1.29, 1.82) is 0 Å². The number of benzene rings is 2.